The first-order chi connectivity index (χ1) is 10.2. The van der Waals surface area contributed by atoms with Crippen molar-refractivity contribution in [1.29, 1.82) is 0 Å². The molecule has 2 rings (SSSR count). The monoisotopic (exact) mass is 286 g/mol. The van der Waals surface area contributed by atoms with E-state index in [0.717, 1.165) is 18.8 Å². The molecule has 0 fully saturated rings. The van der Waals surface area contributed by atoms with Crippen LogP contribution >= 0.6 is 0 Å². The number of aromatic nitrogens is 1. The van der Waals surface area contributed by atoms with Gasteiger partial charge in [0.05, 0.1) is 6.54 Å². The van der Waals surface area contributed by atoms with E-state index in [0.29, 0.717) is 18.6 Å². The molecule has 3 nitrogen and oxygen atoms in total. The molecule has 21 heavy (non-hydrogen) atoms. The van der Waals surface area contributed by atoms with Gasteiger partial charge in [-0.15, -0.1) is 0 Å². The van der Waals surface area contributed by atoms with Crippen LogP contribution in [0.25, 0.3) is 0 Å². The van der Waals surface area contributed by atoms with Crippen LogP contribution in [0.4, 0.5) is 0 Å². The van der Waals surface area contributed by atoms with Crippen molar-refractivity contribution >= 4 is 0 Å². The highest BCUT2D eigenvalue weighted by Crippen LogP contribution is 2.21. The van der Waals surface area contributed by atoms with Crippen LogP contribution in [-0.2, 0) is 6.54 Å². The largest absolute Gasteiger partial charge is 0.492 e. The SMILES string of the molecule is CCNC(c1ccn(CCOc2ccccc2)c1)C(C)C. The van der Waals surface area contributed by atoms with Gasteiger partial charge >= 0.3 is 0 Å². The van der Waals surface area contributed by atoms with Crippen molar-refractivity contribution < 1.29 is 4.74 Å². The Bertz CT molecular complexity index is 519. The van der Waals surface area contributed by atoms with Crippen LogP contribution < -0.4 is 10.1 Å². The zero-order chi connectivity index (χ0) is 15.1. The lowest BCUT2D eigenvalue weighted by Gasteiger charge is -2.20. The number of para-hydroxylation sites is 1. The third-order valence-corrected chi connectivity index (χ3v) is 3.58. The first kappa shape index (κ1) is 15.6. The van der Waals surface area contributed by atoms with E-state index in [1.54, 1.807) is 0 Å². The van der Waals surface area contributed by atoms with Gasteiger partial charge in [0.2, 0.25) is 0 Å². The highest BCUT2D eigenvalue weighted by molar-refractivity contribution is 5.21. The van der Waals surface area contributed by atoms with E-state index in [9.17, 15) is 0 Å². The van der Waals surface area contributed by atoms with E-state index >= 15 is 0 Å². The molecule has 0 aliphatic heterocycles. The summed E-state index contributed by atoms with van der Waals surface area (Å²) in [5.41, 5.74) is 1.35. The standard InChI is InChI=1S/C18H26N2O/c1-4-19-18(15(2)3)16-10-11-20(14-16)12-13-21-17-8-6-5-7-9-17/h5-11,14-15,18-19H,4,12-13H2,1-3H3. The smallest absolute Gasteiger partial charge is 0.119 e. The Balaban J connectivity index is 1.87. The number of nitrogens with zero attached hydrogens (tertiary/aromatic N) is 1. The first-order valence-corrected chi connectivity index (χ1v) is 7.77. The fraction of sp³-hybridized carbons (Fsp3) is 0.444. The Morgan fingerprint density at radius 2 is 1.90 bits per heavy atom. The van der Waals surface area contributed by atoms with E-state index < -0.39 is 0 Å². The summed E-state index contributed by atoms with van der Waals surface area (Å²) in [6, 6.07) is 12.6. The lowest BCUT2D eigenvalue weighted by Crippen LogP contribution is -2.25. The summed E-state index contributed by atoms with van der Waals surface area (Å²) in [6.45, 7) is 9.20. The fourth-order valence-electron chi connectivity index (χ4n) is 2.53. The second-order valence-electron chi connectivity index (χ2n) is 5.62. The van der Waals surface area contributed by atoms with Gasteiger partial charge in [0.1, 0.15) is 12.4 Å². The van der Waals surface area contributed by atoms with Crippen molar-refractivity contribution in [3.63, 3.8) is 0 Å². The highest BCUT2D eigenvalue weighted by atomic mass is 16.5. The van der Waals surface area contributed by atoms with E-state index in [-0.39, 0.29) is 0 Å². The van der Waals surface area contributed by atoms with Gasteiger partial charge in [-0.2, -0.15) is 0 Å². The summed E-state index contributed by atoms with van der Waals surface area (Å²) in [5, 5.41) is 3.55. The van der Waals surface area contributed by atoms with E-state index in [1.165, 1.54) is 5.56 Å². The third kappa shape index (κ3) is 4.64. The van der Waals surface area contributed by atoms with Crippen molar-refractivity contribution in [3.8, 4) is 5.75 Å². The first-order valence-electron chi connectivity index (χ1n) is 7.77. The molecule has 1 unspecified atom stereocenters. The molecule has 0 aliphatic rings. The molecule has 1 heterocycles. The van der Waals surface area contributed by atoms with Crippen LogP contribution in [0.1, 0.15) is 32.4 Å². The summed E-state index contributed by atoms with van der Waals surface area (Å²) in [5.74, 6) is 1.51. The van der Waals surface area contributed by atoms with Crippen LogP contribution in [0, 0.1) is 5.92 Å². The number of nitrogens with one attached hydrogen (secondary N) is 1. The predicted molar refractivity (Wildman–Crippen MR) is 87.6 cm³/mol. The molecule has 114 valence electrons. The molecule has 0 spiro atoms. The molecule has 3 heteroatoms. The normalized spacial score (nSPS) is 12.6. The number of ether oxygens (including phenoxy) is 1. The minimum absolute atomic E-state index is 0.422. The Hall–Kier alpha value is -1.74. The summed E-state index contributed by atoms with van der Waals surface area (Å²) in [4.78, 5) is 0. The van der Waals surface area contributed by atoms with Crippen LogP contribution in [0.2, 0.25) is 0 Å². The quantitative estimate of drug-likeness (QED) is 0.797. The Kier molecular flexibility index (Phi) is 5.88. The molecule has 1 aromatic carbocycles. The van der Waals surface area contributed by atoms with Crippen LogP contribution in [0.15, 0.2) is 48.8 Å². The van der Waals surface area contributed by atoms with Gasteiger partial charge in [-0.25, -0.2) is 0 Å². The van der Waals surface area contributed by atoms with Gasteiger partial charge in [-0.05, 0) is 36.2 Å². The minimum atomic E-state index is 0.422. The molecule has 0 saturated carbocycles. The highest BCUT2D eigenvalue weighted by Gasteiger charge is 2.15. The van der Waals surface area contributed by atoms with Gasteiger partial charge in [0.15, 0.2) is 0 Å². The maximum absolute atomic E-state index is 5.74. The van der Waals surface area contributed by atoms with E-state index in [1.807, 2.05) is 30.3 Å². The molecule has 1 atom stereocenters. The lowest BCUT2D eigenvalue weighted by molar-refractivity contribution is 0.298. The lowest BCUT2D eigenvalue weighted by atomic mass is 9.98. The average Bonchev–Trinajstić information content (AvgIpc) is 2.94. The molecule has 0 saturated heterocycles. The zero-order valence-corrected chi connectivity index (χ0v) is 13.3. The number of benzene rings is 1. The second-order valence-corrected chi connectivity index (χ2v) is 5.62. The fourth-order valence-corrected chi connectivity index (χ4v) is 2.53. The average molecular weight is 286 g/mol. The molecule has 1 N–H and O–H groups in total. The van der Waals surface area contributed by atoms with Crippen LogP contribution in [0.5, 0.6) is 5.75 Å². The Morgan fingerprint density at radius 3 is 2.57 bits per heavy atom. The summed E-state index contributed by atoms with van der Waals surface area (Å²) < 4.78 is 7.94. The summed E-state index contributed by atoms with van der Waals surface area (Å²) in [7, 11) is 0. The van der Waals surface area contributed by atoms with Gasteiger partial charge in [-0.3, -0.25) is 0 Å². The van der Waals surface area contributed by atoms with Gasteiger partial charge in [0, 0.05) is 18.4 Å². The minimum Gasteiger partial charge on any atom is -0.492 e. The zero-order valence-electron chi connectivity index (χ0n) is 13.3. The maximum atomic E-state index is 5.74. The van der Waals surface area contributed by atoms with Crippen molar-refractivity contribution in [2.24, 2.45) is 5.92 Å². The molecule has 2 aromatic rings. The van der Waals surface area contributed by atoms with E-state index in [2.05, 4.69) is 49.1 Å². The summed E-state index contributed by atoms with van der Waals surface area (Å²) >= 11 is 0. The molecule has 0 amide bonds. The number of hydrogen-bond acceptors (Lipinski definition) is 2. The molecule has 1 aromatic heterocycles. The molecular weight excluding hydrogens is 260 g/mol. The van der Waals surface area contributed by atoms with E-state index in [4.69, 9.17) is 4.74 Å². The van der Waals surface area contributed by atoms with Crippen LogP contribution in [0.3, 0.4) is 0 Å². The number of hydrogen-bond donors (Lipinski definition) is 1. The van der Waals surface area contributed by atoms with Gasteiger partial charge in [0.25, 0.3) is 0 Å². The van der Waals surface area contributed by atoms with Crippen molar-refractivity contribution in [3.05, 3.63) is 54.4 Å². The molecule has 0 aliphatic carbocycles. The molecular formula is C18H26N2O. The molecule has 0 radical (unpaired) electrons. The van der Waals surface area contributed by atoms with Gasteiger partial charge in [-0.1, -0.05) is 39.0 Å². The predicted octanol–water partition coefficient (Wildman–Crippen LogP) is 3.87. The Labute approximate surface area is 127 Å². The second kappa shape index (κ2) is 7.89. The summed E-state index contributed by atoms with van der Waals surface area (Å²) in [6.07, 6.45) is 4.36. The maximum Gasteiger partial charge on any atom is 0.119 e. The van der Waals surface area contributed by atoms with Crippen molar-refractivity contribution in [2.45, 2.75) is 33.4 Å². The third-order valence-electron chi connectivity index (χ3n) is 3.58. The van der Waals surface area contributed by atoms with Crippen LogP contribution in [-0.4, -0.2) is 17.7 Å². The van der Waals surface area contributed by atoms with Gasteiger partial charge < -0.3 is 14.6 Å². The molecule has 0 bridgehead atoms. The van der Waals surface area contributed by atoms with Crippen molar-refractivity contribution in [1.82, 2.24) is 9.88 Å². The number of rotatable bonds is 8. The van der Waals surface area contributed by atoms with Crippen molar-refractivity contribution in [2.75, 3.05) is 13.2 Å². The Morgan fingerprint density at radius 1 is 1.14 bits per heavy atom. The topological polar surface area (TPSA) is 26.2 Å².